The Bertz CT molecular complexity index is 1740. The van der Waals surface area contributed by atoms with E-state index in [0.717, 1.165) is 0 Å². The number of aromatic amines is 1. The van der Waals surface area contributed by atoms with Gasteiger partial charge in [-0.05, 0) is 108 Å². The van der Waals surface area contributed by atoms with Gasteiger partial charge in [0.05, 0.1) is 18.5 Å². The van der Waals surface area contributed by atoms with Crippen molar-refractivity contribution < 1.29 is 48.6 Å². The number of aliphatic carboxylic acids is 1. The average Bonchev–Trinajstić information content (AvgIpc) is 4.00. The standard InChI is InChI=1S/C44H78N12O10S/c1-7-26(4)35(54-39(60)31(14-9-11-18-46)50-40(61)32(22-28-23-48-24-49-28)52-37(58)29(47)16-20-67-6)41(62)55-36(27(5)57)42(63)51-30(13-8-10-17-45)38(59)53-33(21-25(2)3)43(64)56-19-12-15-34(56)44(65)66/h23-27,29-36,57H,7-22,45-47H2,1-6H3,(H,48,49)(H,50,61)(H,51,63)(H,52,58)(H,53,59)(H,54,60)(H,55,62)(H,65,66)/t26-,27+,29-,30-,31-,32-,33-,34-,35-,36-/m0/s1. The first-order chi connectivity index (χ1) is 31.8. The number of aliphatic hydroxyl groups excluding tert-OH is 1. The minimum absolute atomic E-state index is 0.00264. The van der Waals surface area contributed by atoms with Crippen molar-refractivity contribution in [3.05, 3.63) is 18.2 Å². The first-order valence-electron chi connectivity index (χ1n) is 23.4. The number of hydrogen-bond donors (Lipinski definition) is 12. The Balaban J connectivity index is 2.35. The number of unbranched alkanes of at least 4 members (excludes halogenated alkanes) is 2. The van der Waals surface area contributed by atoms with Crippen LogP contribution in [0.25, 0.3) is 0 Å². The normalized spacial score (nSPS) is 17.7. The fourth-order valence-electron chi connectivity index (χ4n) is 7.59. The van der Waals surface area contributed by atoms with Gasteiger partial charge < -0.3 is 69.2 Å². The predicted octanol–water partition coefficient (Wildman–Crippen LogP) is -1.25. The Morgan fingerprint density at radius 1 is 0.776 bits per heavy atom. The van der Waals surface area contributed by atoms with E-state index >= 15 is 0 Å². The summed E-state index contributed by atoms with van der Waals surface area (Å²) in [6, 6.07) is -9.50. The Morgan fingerprint density at radius 3 is 1.84 bits per heavy atom. The summed E-state index contributed by atoms with van der Waals surface area (Å²) in [4.78, 5) is 117. The molecule has 1 aliphatic rings. The number of carboxylic acids is 1. The maximum atomic E-state index is 14.1. The molecule has 0 spiro atoms. The number of aliphatic hydroxyl groups is 1. The van der Waals surface area contributed by atoms with Gasteiger partial charge in [-0.1, -0.05) is 34.1 Å². The van der Waals surface area contributed by atoms with Crippen LogP contribution in [-0.2, 0) is 44.8 Å². The quantitative estimate of drug-likeness (QED) is 0.0376. The molecule has 22 nitrogen and oxygen atoms in total. The highest BCUT2D eigenvalue weighted by atomic mass is 32.2. The second kappa shape index (κ2) is 30.5. The van der Waals surface area contributed by atoms with Crippen LogP contribution in [0.4, 0.5) is 0 Å². The highest BCUT2D eigenvalue weighted by molar-refractivity contribution is 7.98. The second-order valence-electron chi connectivity index (χ2n) is 17.7. The number of rotatable bonds is 32. The van der Waals surface area contributed by atoms with Crippen molar-refractivity contribution in [2.24, 2.45) is 29.0 Å². The van der Waals surface area contributed by atoms with Gasteiger partial charge >= 0.3 is 5.97 Å². The molecule has 0 saturated carbocycles. The molecule has 0 aromatic carbocycles. The van der Waals surface area contributed by atoms with E-state index in [9.17, 15) is 48.6 Å². The summed E-state index contributed by atoms with van der Waals surface area (Å²) >= 11 is 1.52. The zero-order chi connectivity index (χ0) is 50.2. The van der Waals surface area contributed by atoms with Crippen LogP contribution in [0.1, 0.15) is 111 Å². The largest absolute Gasteiger partial charge is 0.480 e. The van der Waals surface area contributed by atoms with Crippen LogP contribution in [0.15, 0.2) is 12.5 Å². The number of likely N-dealkylation sites (tertiary alicyclic amines) is 1. The number of thioether (sulfide) groups is 1. The number of aromatic nitrogens is 2. The van der Waals surface area contributed by atoms with Crippen LogP contribution in [0.3, 0.4) is 0 Å². The van der Waals surface area contributed by atoms with E-state index in [1.807, 2.05) is 20.1 Å². The summed E-state index contributed by atoms with van der Waals surface area (Å²) in [5.74, 6) is -6.10. The Hall–Kier alpha value is -4.84. The lowest BCUT2D eigenvalue weighted by Gasteiger charge is -2.31. The summed E-state index contributed by atoms with van der Waals surface area (Å²) in [5, 5.41) is 36.7. The number of nitrogens with zero attached hydrogens (tertiary/aromatic N) is 2. The first-order valence-corrected chi connectivity index (χ1v) is 24.8. The van der Waals surface area contributed by atoms with Crippen LogP contribution in [0, 0.1) is 11.8 Å². The third-order valence-electron chi connectivity index (χ3n) is 11.7. The van der Waals surface area contributed by atoms with E-state index < -0.39 is 108 Å². The molecule has 1 aromatic rings. The van der Waals surface area contributed by atoms with Gasteiger partial charge in [-0.25, -0.2) is 9.78 Å². The molecule has 10 atom stereocenters. The van der Waals surface area contributed by atoms with Crippen molar-refractivity contribution in [1.82, 2.24) is 46.8 Å². The molecule has 2 heterocycles. The number of carbonyl (C=O) groups excluding carboxylic acids is 7. The van der Waals surface area contributed by atoms with E-state index in [1.165, 1.54) is 36.1 Å². The lowest BCUT2D eigenvalue weighted by atomic mass is 9.96. The zero-order valence-electron chi connectivity index (χ0n) is 40.0. The van der Waals surface area contributed by atoms with E-state index in [0.29, 0.717) is 69.5 Å². The molecule has 67 heavy (non-hydrogen) atoms. The Kier molecular flexibility index (Phi) is 26.6. The molecule has 1 fully saturated rings. The highest BCUT2D eigenvalue weighted by Gasteiger charge is 2.40. The number of nitrogens with two attached hydrogens (primary N) is 3. The third-order valence-corrected chi connectivity index (χ3v) is 12.4. The maximum absolute atomic E-state index is 14.1. The summed E-state index contributed by atoms with van der Waals surface area (Å²) in [7, 11) is 0. The number of amides is 7. The van der Waals surface area contributed by atoms with Gasteiger partial charge in [-0.3, -0.25) is 33.6 Å². The van der Waals surface area contributed by atoms with Crippen molar-refractivity contribution in [2.45, 2.75) is 166 Å². The fraction of sp³-hybridized carbons (Fsp3) is 0.750. The van der Waals surface area contributed by atoms with Gasteiger partial charge in [0.15, 0.2) is 0 Å². The van der Waals surface area contributed by atoms with Crippen LogP contribution >= 0.6 is 11.8 Å². The summed E-state index contributed by atoms with van der Waals surface area (Å²) < 4.78 is 0. The molecule has 0 unspecified atom stereocenters. The van der Waals surface area contributed by atoms with E-state index in [-0.39, 0.29) is 44.6 Å². The fourth-order valence-corrected chi connectivity index (χ4v) is 8.08. The molecular weight excluding hydrogens is 889 g/mol. The molecule has 23 heteroatoms. The molecule has 1 aromatic heterocycles. The molecule has 0 bridgehead atoms. The van der Waals surface area contributed by atoms with Crippen molar-refractivity contribution >= 4 is 59.1 Å². The average molecular weight is 967 g/mol. The van der Waals surface area contributed by atoms with Crippen molar-refractivity contribution in [3.63, 3.8) is 0 Å². The van der Waals surface area contributed by atoms with Crippen LogP contribution < -0.4 is 49.1 Å². The maximum Gasteiger partial charge on any atom is 0.326 e. The zero-order valence-corrected chi connectivity index (χ0v) is 40.8. The highest BCUT2D eigenvalue weighted by Crippen LogP contribution is 2.21. The van der Waals surface area contributed by atoms with E-state index in [4.69, 9.17) is 17.2 Å². The van der Waals surface area contributed by atoms with Gasteiger partial charge in [-0.2, -0.15) is 11.8 Å². The molecule has 1 aliphatic heterocycles. The number of H-pyrrole nitrogens is 1. The van der Waals surface area contributed by atoms with Gasteiger partial charge in [0, 0.05) is 24.9 Å². The number of hydrogen-bond acceptors (Lipinski definition) is 14. The van der Waals surface area contributed by atoms with Crippen molar-refractivity contribution in [1.29, 1.82) is 0 Å². The minimum Gasteiger partial charge on any atom is -0.480 e. The van der Waals surface area contributed by atoms with Crippen LogP contribution in [-0.4, -0.2) is 158 Å². The molecule has 1 saturated heterocycles. The topological polar surface area (TPSA) is 359 Å². The Morgan fingerprint density at radius 2 is 1.31 bits per heavy atom. The summed E-state index contributed by atoms with van der Waals surface area (Å²) in [6.45, 7) is 9.29. The van der Waals surface area contributed by atoms with Crippen molar-refractivity contribution in [2.75, 3.05) is 31.6 Å². The van der Waals surface area contributed by atoms with Gasteiger partial charge in [-0.15, -0.1) is 0 Å². The molecule has 7 amide bonds. The number of carbonyl (C=O) groups is 8. The van der Waals surface area contributed by atoms with Crippen LogP contribution in [0.5, 0.6) is 0 Å². The van der Waals surface area contributed by atoms with Gasteiger partial charge in [0.25, 0.3) is 0 Å². The van der Waals surface area contributed by atoms with Gasteiger partial charge in [0.2, 0.25) is 41.4 Å². The molecule has 0 radical (unpaired) electrons. The summed E-state index contributed by atoms with van der Waals surface area (Å²) in [5.41, 5.74) is 18.1. The van der Waals surface area contributed by atoms with Crippen molar-refractivity contribution in [3.8, 4) is 0 Å². The van der Waals surface area contributed by atoms with Gasteiger partial charge in [0.1, 0.15) is 42.3 Å². The minimum atomic E-state index is -1.62. The van der Waals surface area contributed by atoms with Crippen LogP contribution in [0.2, 0.25) is 0 Å². The lowest BCUT2D eigenvalue weighted by molar-refractivity contribution is -0.149. The van der Waals surface area contributed by atoms with E-state index in [1.54, 1.807) is 13.8 Å². The molecule has 0 aliphatic carbocycles. The monoisotopic (exact) mass is 967 g/mol. The third kappa shape index (κ3) is 19.7. The number of nitrogens with one attached hydrogen (secondary N) is 7. The molecule has 2 rings (SSSR count). The van der Waals surface area contributed by atoms with E-state index in [2.05, 4.69) is 41.9 Å². The molecule has 15 N–H and O–H groups in total. The number of imidazole rings is 1. The SMILES string of the molecule is CC[C@H](C)[C@H](NC(=O)[C@H](CCCCN)NC(=O)[C@H](Cc1cnc[nH]1)NC(=O)[C@@H](N)CCSC)C(=O)N[C@H](C(=O)N[C@@H](CCCCN)C(=O)N[C@@H](CC(C)C)C(=O)N1CCC[C@H]1C(=O)O)[C@@H](C)O. The molecular formula is C44H78N12O10S. The first kappa shape index (κ1) is 58.3. The summed E-state index contributed by atoms with van der Waals surface area (Å²) in [6.07, 6.45) is 7.06. The number of carboxylic acid groups (broad SMARTS) is 1. The molecule has 380 valence electrons. The smallest absolute Gasteiger partial charge is 0.326 e. The Labute approximate surface area is 398 Å². The lowest BCUT2D eigenvalue weighted by Crippen LogP contribution is -2.62. The predicted molar refractivity (Wildman–Crippen MR) is 254 cm³/mol. The second-order valence-corrected chi connectivity index (χ2v) is 18.7.